The number of benzene rings is 1. The van der Waals surface area contributed by atoms with Gasteiger partial charge in [-0.1, -0.05) is 31.9 Å². The van der Waals surface area contributed by atoms with Gasteiger partial charge < -0.3 is 15.2 Å². The molecule has 1 amide bonds. The van der Waals surface area contributed by atoms with Crippen molar-refractivity contribution in [2.45, 2.75) is 44.8 Å². The minimum absolute atomic E-state index is 0.139. The average Bonchev–Trinajstić information content (AvgIpc) is 2.45. The molecule has 4 nitrogen and oxygen atoms in total. The molecule has 116 valence electrons. The summed E-state index contributed by atoms with van der Waals surface area (Å²) >= 11 is 0. The highest BCUT2D eigenvalue weighted by molar-refractivity contribution is 5.94. The first kappa shape index (κ1) is 16.0. The first-order chi connectivity index (χ1) is 10.0. The topological polar surface area (TPSA) is 58.6 Å². The second-order valence-corrected chi connectivity index (χ2v) is 6.24. The summed E-state index contributed by atoms with van der Waals surface area (Å²) in [5.41, 5.74) is 0.824. The zero-order chi connectivity index (χ0) is 15.3. The third-order valence-corrected chi connectivity index (χ3v) is 4.15. The van der Waals surface area contributed by atoms with Crippen LogP contribution in [0.25, 0.3) is 0 Å². The Morgan fingerprint density at radius 2 is 2.33 bits per heavy atom. The number of aliphatic hydroxyl groups is 1. The fraction of sp³-hybridized carbons (Fsp3) is 0.588. The van der Waals surface area contributed by atoms with Crippen LogP contribution in [0.15, 0.2) is 24.3 Å². The van der Waals surface area contributed by atoms with Gasteiger partial charge in [0.1, 0.15) is 0 Å². The van der Waals surface area contributed by atoms with Crippen molar-refractivity contribution >= 4 is 5.91 Å². The first-order valence-electron chi connectivity index (χ1n) is 7.61. The Bertz CT molecular complexity index is 489. The van der Waals surface area contributed by atoms with Crippen molar-refractivity contribution in [3.05, 3.63) is 35.4 Å². The molecule has 2 N–H and O–H groups in total. The zero-order valence-corrected chi connectivity index (χ0v) is 12.9. The van der Waals surface area contributed by atoms with Crippen LogP contribution >= 0.6 is 0 Å². The second kappa shape index (κ2) is 7.05. The molecule has 0 heterocycles. The first-order valence-corrected chi connectivity index (χ1v) is 7.61. The van der Waals surface area contributed by atoms with E-state index in [1.54, 1.807) is 13.2 Å². The minimum atomic E-state index is -0.753. The molecular weight excluding hydrogens is 266 g/mol. The van der Waals surface area contributed by atoms with Crippen LogP contribution in [0.3, 0.4) is 0 Å². The molecule has 1 fully saturated rings. The van der Waals surface area contributed by atoms with Crippen LogP contribution in [-0.4, -0.2) is 30.3 Å². The van der Waals surface area contributed by atoms with E-state index in [0.717, 1.165) is 31.2 Å². The average molecular weight is 291 g/mol. The van der Waals surface area contributed by atoms with Gasteiger partial charge in [0, 0.05) is 19.2 Å². The summed E-state index contributed by atoms with van der Waals surface area (Å²) in [5, 5.41) is 13.4. The third-order valence-electron chi connectivity index (χ3n) is 4.15. The van der Waals surface area contributed by atoms with Crippen molar-refractivity contribution in [2.24, 2.45) is 5.92 Å². The van der Waals surface area contributed by atoms with E-state index >= 15 is 0 Å². The van der Waals surface area contributed by atoms with Gasteiger partial charge in [-0.3, -0.25) is 4.79 Å². The molecule has 0 radical (unpaired) electrons. The number of nitrogens with one attached hydrogen (secondary N) is 1. The number of carbonyl (C=O) groups is 1. The molecule has 0 aromatic heterocycles. The van der Waals surface area contributed by atoms with Gasteiger partial charge in [0.2, 0.25) is 0 Å². The van der Waals surface area contributed by atoms with Gasteiger partial charge in [-0.25, -0.2) is 0 Å². The maximum absolute atomic E-state index is 12.2. The quantitative estimate of drug-likeness (QED) is 0.876. The molecule has 2 rings (SSSR count). The summed E-state index contributed by atoms with van der Waals surface area (Å²) in [6.45, 7) is 2.97. The molecular formula is C17H25NO3. The number of rotatable bonds is 5. The molecule has 1 saturated carbocycles. The molecule has 1 aromatic carbocycles. The highest BCUT2D eigenvalue weighted by Gasteiger charge is 2.32. The molecule has 0 spiro atoms. The molecule has 1 aliphatic carbocycles. The monoisotopic (exact) mass is 291 g/mol. The molecule has 0 bridgehead atoms. The normalized spacial score (nSPS) is 25.6. The van der Waals surface area contributed by atoms with Crippen LogP contribution in [0.5, 0.6) is 0 Å². The lowest BCUT2D eigenvalue weighted by atomic mass is 9.79. The van der Waals surface area contributed by atoms with Crippen LogP contribution in [0.4, 0.5) is 0 Å². The molecule has 0 aliphatic heterocycles. The predicted octanol–water partition coefficient (Wildman–Crippen LogP) is 2.50. The van der Waals surface area contributed by atoms with Crippen LogP contribution in [0.2, 0.25) is 0 Å². The lowest BCUT2D eigenvalue weighted by Gasteiger charge is -2.35. The number of hydrogen-bond donors (Lipinski definition) is 2. The molecule has 1 aromatic rings. The van der Waals surface area contributed by atoms with Crippen LogP contribution in [-0.2, 0) is 11.3 Å². The van der Waals surface area contributed by atoms with Gasteiger partial charge in [0.25, 0.3) is 5.91 Å². The highest BCUT2D eigenvalue weighted by atomic mass is 16.5. The Hall–Kier alpha value is -1.39. The Labute approximate surface area is 126 Å². The summed E-state index contributed by atoms with van der Waals surface area (Å²) in [4.78, 5) is 12.2. The lowest BCUT2D eigenvalue weighted by molar-refractivity contribution is -0.0109. The van der Waals surface area contributed by atoms with Crippen molar-refractivity contribution in [3.8, 4) is 0 Å². The summed E-state index contributed by atoms with van der Waals surface area (Å²) in [6.07, 6.45) is 3.71. The SMILES string of the molecule is COCc1cccc(C(=O)NCC2(O)CCCC(C)C2)c1. The van der Waals surface area contributed by atoms with Crippen LogP contribution in [0.1, 0.15) is 48.5 Å². The van der Waals surface area contributed by atoms with Gasteiger partial charge in [-0.05, 0) is 36.5 Å². The predicted molar refractivity (Wildman–Crippen MR) is 82.1 cm³/mol. The Kier molecular flexibility index (Phi) is 5.37. The summed E-state index contributed by atoms with van der Waals surface area (Å²) in [6, 6.07) is 7.38. The maximum Gasteiger partial charge on any atom is 0.251 e. The number of methoxy groups -OCH3 is 1. The number of ether oxygens (including phenoxy) is 1. The number of hydrogen-bond acceptors (Lipinski definition) is 3. The van der Waals surface area contributed by atoms with Crippen LogP contribution < -0.4 is 5.32 Å². The van der Waals surface area contributed by atoms with Gasteiger partial charge in [-0.2, -0.15) is 0 Å². The van der Waals surface area contributed by atoms with E-state index in [1.807, 2.05) is 18.2 Å². The van der Waals surface area contributed by atoms with Crippen molar-refractivity contribution in [1.29, 1.82) is 0 Å². The Morgan fingerprint density at radius 1 is 1.52 bits per heavy atom. The Morgan fingerprint density at radius 3 is 3.05 bits per heavy atom. The van der Waals surface area contributed by atoms with Gasteiger partial charge >= 0.3 is 0 Å². The standard InChI is InChI=1S/C17H25NO3/c1-13-5-4-8-17(20,10-13)12-18-16(19)15-7-3-6-14(9-15)11-21-2/h3,6-7,9,13,20H,4-5,8,10-12H2,1-2H3,(H,18,19). The molecule has 4 heteroatoms. The van der Waals surface area contributed by atoms with E-state index in [-0.39, 0.29) is 5.91 Å². The summed E-state index contributed by atoms with van der Waals surface area (Å²) < 4.78 is 5.07. The third kappa shape index (κ3) is 4.55. The summed E-state index contributed by atoms with van der Waals surface area (Å²) in [5.74, 6) is 0.380. The van der Waals surface area contributed by atoms with E-state index < -0.39 is 5.60 Å². The number of amides is 1. The number of carbonyl (C=O) groups excluding carboxylic acids is 1. The lowest BCUT2D eigenvalue weighted by Crippen LogP contribution is -2.45. The van der Waals surface area contributed by atoms with E-state index in [0.29, 0.717) is 24.6 Å². The minimum Gasteiger partial charge on any atom is -0.388 e. The van der Waals surface area contributed by atoms with E-state index in [1.165, 1.54) is 0 Å². The molecule has 21 heavy (non-hydrogen) atoms. The van der Waals surface area contributed by atoms with Gasteiger partial charge in [-0.15, -0.1) is 0 Å². The molecule has 1 aliphatic rings. The highest BCUT2D eigenvalue weighted by Crippen LogP contribution is 2.31. The fourth-order valence-electron chi connectivity index (χ4n) is 3.11. The van der Waals surface area contributed by atoms with Crippen molar-refractivity contribution in [1.82, 2.24) is 5.32 Å². The molecule has 2 unspecified atom stereocenters. The fourth-order valence-corrected chi connectivity index (χ4v) is 3.11. The van der Waals surface area contributed by atoms with E-state index in [4.69, 9.17) is 4.74 Å². The van der Waals surface area contributed by atoms with Crippen molar-refractivity contribution in [2.75, 3.05) is 13.7 Å². The maximum atomic E-state index is 12.2. The van der Waals surface area contributed by atoms with Crippen LogP contribution in [0, 0.1) is 5.92 Å². The molecule has 2 atom stereocenters. The molecule has 0 saturated heterocycles. The smallest absolute Gasteiger partial charge is 0.251 e. The largest absolute Gasteiger partial charge is 0.388 e. The van der Waals surface area contributed by atoms with E-state index in [2.05, 4.69) is 12.2 Å². The van der Waals surface area contributed by atoms with Gasteiger partial charge in [0.15, 0.2) is 0 Å². The Balaban J connectivity index is 1.93. The van der Waals surface area contributed by atoms with E-state index in [9.17, 15) is 9.90 Å². The van der Waals surface area contributed by atoms with Gasteiger partial charge in [0.05, 0.1) is 12.2 Å². The second-order valence-electron chi connectivity index (χ2n) is 6.24. The van der Waals surface area contributed by atoms with Crippen molar-refractivity contribution in [3.63, 3.8) is 0 Å². The summed E-state index contributed by atoms with van der Waals surface area (Å²) in [7, 11) is 1.63. The zero-order valence-electron chi connectivity index (χ0n) is 12.9. The van der Waals surface area contributed by atoms with Crippen molar-refractivity contribution < 1.29 is 14.6 Å².